The average Bonchev–Trinajstić information content (AvgIpc) is 2.71. The Morgan fingerprint density at radius 1 is 1.14 bits per heavy atom. The number of hydrogen-bond acceptors (Lipinski definition) is 1. The zero-order valence-corrected chi connectivity index (χ0v) is 17.4. The Kier molecular flexibility index (Phi) is 6.31. The van der Waals surface area contributed by atoms with E-state index in [9.17, 15) is 0 Å². The van der Waals surface area contributed by atoms with E-state index in [1.54, 1.807) is 5.57 Å². The summed E-state index contributed by atoms with van der Waals surface area (Å²) < 4.78 is 7.19. The molecule has 0 unspecified atom stereocenters. The molecule has 0 aromatic carbocycles. The van der Waals surface area contributed by atoms with Crippen molar-refractivity contribution in [2.24, 2.45) is 5.92 Å². The highest BCUT2D eigenvalue weighted by atomic mass is 28.4. The summed E-state index contributed by atoms with van der Waals surface area (Å²) in [4.78, 5) is 0. The normalized spacial score (nSPS) is 26.4. The van der Waals surface area contributed by atoms with Crippen LogP contribution in [0.15, 0.2) is 23.8 Å². The largest absolute Gasteiger partial charge is 0.410 e. The fourth-order valence-electron chi connectivity index (χ4n) is 4.89. The van der Waals surface area contributed by atoms with Gasteiger partial charge in [-0.05, 0) is 50.2 Å². The summed E-state index contributed by atoms with van der Waals surface area (Å²) in [5.74, 6) is 0.376. The van der Waals surface area contributed by atoms with Gasteiger partial charge in [0.2, 0.25) is 8.32 Å². The predicted octanol–water partition coefficient (Wildman–Crippen LogP) is 6.87. The fraction of sp³-hybridized carbons (Fsp3) is 0.800. The number of hydrogen-bond donors (Lipinski definition) is 0. The molecule has 22 heavy (non-hydrogen) atoms. The van der Waals surface area contributed by atoms with Gasteiger partial charge in [-0.3, -0.25) is 0 Å². The predicted molar refractivity (Wildman–Crippen MR) is 102 cm³/mol. The van der Waals surface area contributed by atoms with Gasteiger partial charge in [0.05, 0.1) is 5.60 Å². The first-order chi connectivity index (χ1) is 10.0. The Labute approximate surface area is 140 Å². The molecule has 128 valence electrons. The van der Waals surface area contributed by atoms with Crippen LogP contribution in [0.5, 0.6) is 0 Å². The van der Waals surface area contributed by atoms with Gasteiger partial charge in [-0.2, -0.15) is 0 Å². The van der Waals surface area contributed by atoms with Crippen LogP contribution in [-0.2, 0) is 4.43 Å². The van der Waals surface area contributed by atoms with Crippen molar-refractivity contribution < 1.29 is 4.43 Å². The van der Waals surface area contributed by atoms with Crippen LogP contribution in [0.4, 0.5) is 0 Å². The van der Waals surface area contributed by atoms with Gasteiger partial charge in [0.15, 0.2) is 0 Å². The maximum atomic E-state index is 7.19. The van der Waals surface area contributed by atoms with E-state index in [0.29, 0.717) is 22.5 Å². The number of rotatable bonds is 6. The molecule has 0 heterocycles. The molecule has 1 aliphatic rings. The summed E-state index contributed by atoms with van der Waals surface area (Å²) in [6.07, 6.45) is 4.43. The summed E-state index contributed by atoms with van der Waals surface area (Å²) in [7, 11) is -1.86. The highest BCUT2D eigenvalue weighted by Crippen LogP contribution is 2.51. The SMILES string of the molecule is C=C[C@H]1C(=C(C)C)CC[C@]1(C)O[Si](C(C)C)(C(C)C)C(C)C. The Balaban J connectivity index is 3.28. The highest BCUT2D eigenvalue weighted by Gasteiger charge is 2.52. The van der Waals surface area contributed by atoms with Gasteiger partial charge in [-0.1, -0.05) is 58.8 Å². The van der Waals surface area contributed by atoms with Crippen molar-refractivity contribution in [1.29, 1.82) is 0 Å². The van der Waals surface area contributed by atoms with Gasteiger partial charge < -0.3 is 4.43 Å². The summed E-state index contributed by atoms with van der Waals surface area (Å²) in [5, 5.41) is 0. The van der Waals surface area contributed by atoms with E-state index in [0.717, 1.165) is 12.8 Å². The Bertz CT molecular complexity index is 407. The molecule has 1 rings (SSSR count). The van der Waals surface area contributed by atoms with Crippen LogP contribution in [0.25, 0.3) is 0 Å². The van der Waals surface area contributed by atoms with Crippen LogP contribution >= 0.6 is 0 Å². The maximum absolute atomic E-state index is 7.19. The maximum Gasteiger partial charge on any atom is 0.201 e. The quantitative estimate of drug-likeness (QED) is 0.383. The van der Waals surface area contributed by atoms with Crippen molar-refractivity contribution in [1.82, 2.24) is 0 Å². The van der Waals surface area contributed by atoms with Gasteiger partial charge in [0, 0.05) is 5.92 Å². The average molecular weight is 323 g/mol. The fourth-order valence-corrected chi connectivity index (χ4v) is 10.6. The molecule has 2 atom stereocenters. The van der Waals surface area contributed by atoms with E-state index in [4.69, 9.17) is 4.43 Å². The summed E-state index contributed by atoms with van der Waals surface area (Å²) in [6, 6.07) is 0. The van der Waals surface area contributed by atoms with Gasteiger partial charge >= 0.3 is 0 Å². The molecular formula is C20H38OSi. The van der Waals surface area contributed by atoms with Crippen LogP contribution in [0.2, 0.25) is 16.6 Å². The van der Waals surface area contributed by atoms with Gasteiger partial charge in [0.1, 0.15) is 0 Å². The standard InChI is InChI=1S/C20H38OSi/c1-11-19-18(14(2)3)12-13-20(19,10)21-22(15(4)5,16(6)7)17(8)9/h11,15-17,19H,1,12-13H2,2-10H3/t19-,20-/m0/s1. The minimum atomic E-state index is -1.86. The molecule has 0 N–H and O–H groups in total. The third kappa shape index (κ3) is 3.28. The zero-order chi connectivity index (χ0) is 17.3. The monoisotopic (exact) mass is 322 g/mol. The molecule has 0 amide bonds. The number of allylic oxidation sites excluding steroid dienone is 1. The third-order valence-corrected chi connectivity index (χ3v) is 12.2. The summed E-state index contributed by atoms with van der Waals surface area (Å²) in [6.45, 7) is 25.2. The van der Waals surface area contributed by atoms with Crippen molar-refractivity contribution in [3.05, 3.63) is 23.8 Å². The Morgan fingerprint density at radius 3 is 1.91 bits per heavy atom. The Morgan fingerprint density at radius 2 is 1.59 bits per heavy atom. The first kappa shape index (κ1) is 19.7. The van der Waals surface area contributed by atoms with E-state index >= 15 is 0 Å². The van der Waals surface area contributed by atoms with E-state index < -0.39 is 8.32 Å². The molecule has 0 aliphatic heterocycles. The minimum absolute atomic E-state index is 0.0701. The lowest BCUT2D eigenvalue weighted by atomic mass is 9.89. The highest BCUT2D eigenvalue weighted by molar-refractivity contribution is 6.77. The van der Waals surface area contributed by atoms with Crippen molar-refractivity contribution in [3.63, 3.8) is 0 Å². The van der Waals surface area contributed by atoms with E-state index in [2.05, 4.69) is 75.0 Å². The summed E-state index contributed by atoms with van der Waals surface area (Å²) >= 11 is 0. The van der Waals surface area contributed by atoms with Crippen molar-refractivity contribution >= 4 is 8.32 Å². The van der Waals surface area contributed by atoms with Crippen molar-refractivity contribution in [3.8, 4) is 0 Å². The molecule has 1 saturated carbocycles. The lowest BCUT2D eigenvalue weighted by Gasteiger charge is -2.49. The molecule has 1 aliphatic carbocycles. The van der Waals surface area contributed by atoms with E-state index in [-0.39, 0.29) is 5.60 Å². The topological polar surface area (TPSA) is 9.23 Å². The molecule has 0 saturated heterocycles. The Hall–Kier alpha value is -0.343. The third-order valence-electron chi connectivity index (χ3n) is 5.92. The van der Waals surface area contributed by atoms with Gasteiger partial charge in [-0.15, -0.1) is 6.58 Å². The second kappa shape index (κ2) is 7.05. The molecule has 0 aromatic rings. The van der Waals surface area contributed by atoms with Gasteiger partial charge in [0.25, 0.3) is 0 Å². The van der Waals surface area contributed by atoms with Crippen molar-refractivity contribution in [2.75, 3.05) is 0 Å². The molecule has 0 spiro atoms. The molecule has 1 nitrogen and oxygen atoms in total. The first-order valence-corrected chi connectivity index (χ1v) is 11.2. The van der Waals surface area contributed by atoms with Crippen LogP contribution in [0, 0.1) is 5.92 Å². The molecule has 0 aromatic heterocycles. The van der Waals surface area contributed by atoms with E-state index in [1.165, 1.54) is 5.57 Å². The van der Waals surface area contributed by atoms with Gasteiger partial charge in [-0.25, -0.2) is 0 Å². The molecule has 0 bridgehead atoms. The smallest absolute Gasteiger partial charge is 0.201 e. The van der Waals surface area contributed by atoms with Crippen LogP contribution in [-0.4, -0.2) is 13.9 Å². The minimum Gasteiger partial charge on any atom is -0.410 e. The lowest BCUT2D eigenvalue weighted by Crippen LogP contribution is -2.54. The molecule has 0 radical (unpaired) electrons. The lowest BCUT2D eigenvalue weighted by molar-refractivity contribution is 0.0519. The molecule has 2 heteroatoms. The van der Waals surface area contributed by atoms with E-state index in [1.807, 2.05) is 0 Å². The zero-order valence-electron chi connectivity index (χ0n) is 16.4. The second-order valence-electron chi connectivity index (χ2n) is 8.47. The second-order valence-corrected chi connectivity index (χ2v) is 13.8. The molecule has 1 fully saturated rings. The van der Waals surface area contributed by atoms with Crippen molar-refractivity contribution in [2.45, 2.75) is 97.4 Å². The van der Waals surface area contributed by atoms with Crippen LogP contribution < -0.4 is 0 Å². The first-order valence-electron chi connectivity index (χ1n) is 9.01. The summed E-state index contributed by atoms with van der Waals surface area (Å²) in [5.41, 5.74) is 4.82. The van der Waals surface area contributed by atoms with Crippen LogP contribution in [0.3, 0.4) is 0 Å². The van der Waals surface area contributed by atoms with Crippen LogP contribution in [0.1, 0.15) is 75.2 Å². The molecular weight excluding hydrogens is 284 g/mol.